The summed E-state index contributed by atoms with van der Waals surface area (Å²) in [6, 6.07) is 8.44. The van der Waals surface area contributed by atoms with E-state index < -0.39 is 11.6 Å². The van der Waals surface area contributed by atoms with Gasteiger partial charge in [-0.05, 0) is 24.3 Å². The molecule has 0 bridgehead atoms. The third-order valence-corrected chi connectivity index (χ3v) is 2.63. The van der Waals surface area contributed by atoms with Crippen LogP contribution in [0, 0.1) is 11.6 Å². The molecule has 0 radical (unpaired) electrons. The van der Waals surface area contributed by atoms with Crippen LogP contribution in [0.5, 0.6) is 11.5 Å². The Hall–Kier alpha value is -2.10. The molecular formula is C14H12F2O2. The SMILES string of the molecule is COc1cc(F)ccc1-c1c(F)cccc1OC. The van der Waals surface area contributed by atoms with Crippen molar-refractivity contribution in [3.05, 3.63) is 48.0 Å². The first kappa shape index (κ1) is 12.4. The van der Waals surface area contributed by atoms with Crippen LogP contribution in [0.25, 0.3) is 11.1 Å². The van der Waals surface area contributed by atoms with Crippen molar-refractivity contribution in [1.82, 2.24) is 0 Å². The molecule has 2 aromatic rings. The number of hydrogen-bond donors (Lipinski definition) is 0. The van der Waals surface area contributed by atoms with Crippen molar-refractivity contribution in [2.75, 3.05) is 14.2 Å². The number of methoxy groups -OCH3 is 2. The normalized spacial score (nSPS) is 10.2. The van der Waals surface area contributed by atoms with Gasteiger partial charge in [0.15, 0.2) is 0 Å². The maximum Gasteiger partial charge on any atom is 0.134 e. The van der Waals surface area contributed by atoms with Crippen LogP contribution >= 0.6 is 0 Å². The maximum absolute atomic E-state index is 13.9. The average Bonchev–Trinajstić information content (AvgIpc) is 2.38. The molecule has 0 atom stereocenters. The van der Waals surface area contributed by atoms with Crippen LogP contribution in [0.15, 0.2) is 36.4 Å². The van der Waals surface area contributed by atoms with E-state index in [1.54, 1.807) is 12.1 Å². The first-order chi connectivity index (χ1) is 8.67. The van der Waals surface area contributed by atoms with E-state index in [-0.39, 0.29) is 11.3 Å². The molecule has 0 spiro atoms. The molecule has 4 heteroatoms. The van der Waals surface area contributed by atoms with E-state index in [1.165, 1.54) is 38.5 Å². The Morgan fingerprint density at radius 3 is 2.28 bits per heavy atom. The van der Waals surface area contributed by atoms with Crippen LogP contribution in [0.2, 0.25) is 0 Å². The highest BCUT2D eigenvalue weighted by atomic mass is 19.1. The third kappa shape index (κ3) is 2.14. The second-order valence-electron chi connectivity index (χ2n) is 3.66. The summed E-state index contributed by atoms with van der Waals surface area (Å²) < 4.78 is 37.2. The van der Waals surface area contributed by atoms with Gasteiger partial charge in [0.05, 0.1) is 19.8 Å². The highest BCUT2D eigenvalue weighted by Gasteiger charge is 2.16. The lowest BCUT2D eigenvalue weighted by molar-refractivity contribution is 0.406. The summed E-state index contributed by atoms with van der Waals surface area (Å²) in [7, 11) is 2.86. The molecular weight excluding hydrogens is 238 g/mol. The minimum absolute atomic E-state index is 0.261. The molecule has 0 aliphatic rings. The zero-order valence-electron chi connectivity index (χ0n) is 10.0. The van der Waals surface area contributed by atoms with Gasteiger partial charge in [0.25, 0.3) is 0 Å². The van der Waals surface area contributed by atoms with Crippen molar-refractivity contribution in [3.63, 3.8) is 0 Å². The molecule has 94 valence electrons. The van der Waals surface area contributed by atoms with Crippen molar-refractivity contribution < 1.29 is 18.3 Å². The van der Waals surface area contributed by atoms with Crippen molar-refractivity contribution in [2.45, 2.75) is 0 Å². The van der Waals surface area contributed by atoms with Gasteiger partial charge in [-0.2, -0.15) is 0 Å². The van der Waals surface area contributed by atoms with Crippen LogP contribution in [-0.4, -0.2) is 14.2 Å². The molecule has 0 fully saturated rings. The van der Waals surface area contributed by atoms with E-state index >= 15 is 0 Å². The van der Waals surface area contributed by atoms with Crippen molar-refractivity contribution in [2.24, 2.45) is 0 Å². The molecule has 2 rings (SSSR count). The number of benzene rings is 2. The first-order valence-corrected chi connectivity index (χ1v) is 5.33. The lowest BCUT2D eigenvalue weighted by Gasteiger charge is -2.13. The van der Waals surface area contributed by atoms with Crippen molar-refractivity contribution in [1.29, 1.82) is 0 Å². The summed E-state index contributed by atoms with van der Waals surface area (Å²) in [5.41, 5.74) is 0.714. The monoisotopic (exact) mass is 250 g/mol. The molecule has 0 saturated heterocycles. The Labute approximate surface area is 104 Å². The number of halogens is 2. The Morgan fingerprint density at radius 2 is 1.61 bits per heavy atom. The Morgan fingerprint density at radius 1 is 0.889 bits per heavy atom. The lowest BCUT2D eigenvalue weighted by atomic mass is 10.0. The fourth-order valence-electron chi connectivity index (χ4n) is 1.81. The zero-order chi connectivity index (χ0) is 13.1. The summed E-state index contributed by atoms with van der Waals surface area (Å²) in [6.45, 7) is 0. The highest BCUT2D eigenvalue weighted by Crippen LogP contribution is 2.38. The fraction of sp³-hybridized carbons (Fsp3) is 0.143. The Kier molecular flexibility index (Phi) is 3.46. The van der Waals surface area contributed by atoms with Crippen molar-refractivity contribution >= 4 is 0 Å². The van der Waals surface area contributed by atoms with Gasteiger partial charge in [-0.25, -0.2) is 8.78 Å². The van der Waals surface area contributed by atoms with E-state index in [0.717, 1.165) is 0 Å². The number of hydrogen-bond acceptors (Lipinski definition) is 2. The van der Waals surface area contributed by atoms with E-state index in [9.17, 15) is 8.78 Å². The fourth-order valence-corrected chi connectivity index (χ4v) is 1.81. The minimum atomic E-state index is -0.445. The van der Waals surface area contributed by atoms with Gasteiger partial charge >= 0.3 is 0 Å². The predicted molar refractivity (Wildman–Crippen MR) is 64.9 cm³/mol. The largest absolute Gasteiger partial charge is 0.496 e. The van der Waals surface area contributed by atoms with Crippen LogP contribution in [0.4, 0.5) is 8.78 Å². The summed E-state index contributed by atoms with van der Waals surface area (Å²) >= 11 is 0. The standard InChI is InChI=1S/C14H12F2O2/c1-17-12-5-3-4-11(16)14(12)10-7-6-9(15)8-13(10)18-2/h3-8H,1-2H3. The van der Waals surface area contributed by atoms with Gasteiger partial charge in [0.2, 0.25) is 0 Å². The van der Waals surface area contributed by atoms with E-state index in [4.69, 9.17) is 9.47 Å². The summed E-state index contributed by atoms with van der Waals surface area (Å²) in [4.78, 5) is 0. The van der Waals surface area contributed by atoms with E-state index in [1.807, 2.05) is 0 Å². The zero-order valence-corrected chi connectivity index (χ0v) is 10.0. The first-order valence-electron chi connectivity index (χ1n) is 5.33. The second-order valence-corrected chi connectivity index (χ2v) is 3.66. The molecule has 0 saturated carbocycles. The van der Waals surface area contributed by atoms with Crippen LogP contribution < -0.4 is 9.47 Å². The maximum atomic E-state index is 13.9. The molecule has 2 nitrogen and oxygen atoms in total. The van der Waals surface area contributed by atoms with Gasteiger partial charge in [0.1, 0.15) is 23.1 Å². The van der Waals surface area contributed by atoms with Crippen LogP contribution in [0.1, 0.15) is 0 Å². The average molecular weight is 250 g/mol. The van der Waals surface area contributed by atoms with E-state index in [0.29, 0.717) is 11.3 Å². The molecule has 2 aromatic carbocycles. The summed E-state index contributed by atoms with van der Waals surface area (Å²) in [5.74, 6) is -0.247. The Balaban J connectivity index is 2.68. The lowest BCUT2D eigenvalue weighted by Crippen LogP contribution is -1.95. The molecule has 0 aliphatic heterocycles. The summed E-state index contributed by atoms with van der Waals surface area (Å²) in [6.07, 6.45) is 0. The van der Waals surface area contributed by atoms with Gasteiger partial charge in [-0.1, -0.05) is 6.07 Å². The van der Waals surface area contributed by atoms with Gasteiger partial charge < -0.3 is 9.47 Å². The molecule has 0 aromatic heterocycles. The molecule has 0 N–H and O–H groups in total. The smallest absolute Gasteiger partial charge is 0.134 e. The van der Waals surface area contributed by atoms with Crippen LogP contribution in [0.3, 0.4) is 0 Å². The quantitative estimate of drug-likeness (QED) is 0.827. The minimum Gasteiger partial charge on any atom is -0.496 e. The molecule has 0 amide bonds. The van der Waals surface area contributed by atoms with Crippen molar-refractivity contribution in [3.8, 4) is 22.6 Å². The second kappa shape index (κ2) is 5.04. The summed E-state index contributed by atoms with van der Waals surface area (Å²) in [5, 5.41) is 0. The molecule has 0 heterocycles. The molecule has 0 unspecified atom stereocenters. The Bertz CT molecular complexity index is 568. The van der Waals surface area contributed by atoms with E-state index in [2.05, 4.69) is 0 Å². The number of rotatable bonds is 3. The van der Waals surface area contributed by atoms with Gasteiger partial charge in [-0.3, -0.25) is 0 Å². The van der Waals surface area contributed by atoms with Gasteiger partial charge in [-0.15, -0.1) is 0 Å². The molecule has 18 heavy (non-hydrogen) atoms. The van der Waals surface area contributed by atoms with Crippen LogP contribution in [-0.2, 0) is 0 Å². The highest BCUT2D eigenvalue weighted by molar-refractivity contribution is 5.76. The molecule has 0 aliphatic carbocycles. The topological polar surface area (TPSA) is 18.5 Å². The predicted octanol–water partition coefficient (Wildman–Crippen LogP) is 3.65. The third-order valence-electron chi connectivity index (χ3n) is 2.63. The number of ether oxygens (including phenoxy) is 2. The van der Waals surface area contributed by atoms with Gasteiger partial charge in [0, 0.05) is 11.6 Å².